The second-order valence-electron chi connectivity index (χ2n) is 4.53. The zero-order chi connectivity index (χ0) is 10.5. The molecule has 0 aliphatic heterocycles. The monoisotopic (exact) mass is 201 g/mol. The topological polar surface area (TPSA) is 30.7 Å². The quantitative estimate of drug-likeness (QED) is 0.747. The van der Waals surface area contributed by atoms with Gasteiger partial charge in [-0.05, 0) is 37.8 Å². The lowest BCUT2D eigenvalue weighted by molar-refractivity contribution is 0.480. The molecule has 15 heavy (non-hydrogen) atoms. The molecule has 0 amide bonds. The Morgan fingerprint density at radius 1 is 1.47 bits per heavy atom. The first-order chi connectivity index (χ1) is 7.27. The van der Waals surface area contributed by atoms with Crippen molar-refractivity contribution >= 4 is 11.0 Å². The molecule has 1 aliphatic rings. The molecule has 2 heterocycles. The molecule has 2 aromatic heterocycles. The van der Waals surface area contributed by atoms with Crippen molar-refractivity contribution in [3.63, 3.8) is 0 Å². The molecule has 0 aromatic carbocycles. The van der Waals surface area contributed by atoms with Crippen LogP contribution in [0, 0.1) is 6.92 Å². The van der Waals surface area contributed by atoms with Gasteiger partial charge in [-0.2, -0.15) is 5.10 Å². The molecular weight excluding hydrogens is 186 g/mol. The lowest BCUT2D eigenvalue weighted by Gasteiger charge is -2.16. The standard InChI is InChI=1S/C12H15N3/c1-3-12(5-6-12)15-8-9(2)11-10(15)4-7-13-14-11/h4,7-8H,3,5-6H2,1-2H3. The van der Waals surface area contributed by atoms with Gasteiger partial charge in [-0.3, -0.25) is 0 Å². The first-order valence-electron chi connectivity index (χ1n) is 5.57. The normalized spacial score (nSPS) is 18.3. The fraction of sp³-hybridized carbons (Fsp3) is 0.500. The Morgan fingerprint density at radius 3 is 2.93 bits per heavy atom. The van der Waals surface area contributed by atoms with Crippen molar-refractivity contribution < 1.29 is 0 Å². The summed E-state index contributed by atoms with van der Waals surface area (Å²) in [5, 5.41) is 8.16. The predicted molar refractivity (Wildman–Crippen MR) is 59.8 cm³/mol. The third kappa shape index (κ3) is 1.12. The van der Waals surface area contributed by atoms with E-state index < -0.39 is 0 Å². The summed E-state index contributed by atoms with van der Waals surface area (Å²) in [7, 11) is 0. The maximum absolute atomic E-state index is 4.21. The second-order valence-corrected chi connectivity index (χ2v) is 4.53. The van der Waals surface area contributed by atoms with Gasteiger partial charge in [0.05, 0.1) is 11.7 Å². The number of fused-ring (bicyclic) bond motifs is 1. The highest BCUT2D eigenvalue weighted by molar-refractivity contribution is 5.79. The van der Waals surface area contributed by atoms with Gasteiger partial charge in [0, 0.05) is 11.7 Å². The summed E-state index contributed by atoms with van der Waals surface area (Å²) in [5.74, 6) is 0. The molecule has 0 bridgehead atoms. The lowest BCUT2D eigenvalue weighted by atomic mass is 10.2. The van der Waals surface area contributed by atoms with E-state index in [1.807, 2.05) is 0 Å². The number of hydrogen-bond acceptors (Lipinski definition) is 2. The zero-order valence-corrected chi connectivity index (χ0v) is 9.20. The summed E-state index contributed by atoms with van der Waals surface area (Å²) in [5.41, 5.74) is 3.91. The van der Waals surface area contributed by atoms with E-state index in [0.29, 0.717) is 5.54 Å². The van der Waals surface area contributed by atoms with Gasteiger partial charge in [-0.25, -0.2) is 0 Å². The van der Waals surface area contributed by atoms with Crippen molar-refractivity contribution in [3.8, 4) is 0 Å². The number of aromatic nitrogens is 3. The maximum Gasteiger partial charge on any atom is 0.114 e. The summed E-state index contributed by atoms with van der Waals surface area (Å²) >= 11 is 0. The Hall–Kier alpha value is -1.38. The Balaban J connectivity index is 2.28. The van der Waals surface area contributed by atoms with E-state index >= 15 is 0 Å². The fourth-order valence-corrected chi connectivity index (χ4v) is 2.43. The molecule has 0 N–H and O–H groups in total. The Kier molecular flexibility index (Phi) is 1.67. The van der Waals surface area contributed by atoms with Crippen molar-refractivity contribution in [1.29, 1.82) is 0 Å². The van der Waals surface area contributed by atoms with Crippen LogP contribution in [0.5, 0.6) is 0 Å². The number of rotatable bonds is 2. The van der Waals surface area contributed by atoms with Crippen LogP contribution in [-0.4, -0.2) is 14.8 Å². The number of nitrogens with zero attached hydrogens (tertiary/aromatic N) is 3. The summed E-state index contributed by atoms with van der Waals surface area (Å²) in [6.07, 6.45) is 7.82. The minimum atomic E-state index is 0.384. The van der Waals surface area contributed by atoms with Gasteiger partial charge < -0.3 is 4.57 Å². The van der Waals surface area contributed by atoms with Crippen LogP contribution in [0.2, 0.25) is 0 Å². The van der Waals surface area contributed by atoms with Crippen LogP contribution in [0.4, 0.5) is 0 Å². The van der Waals surface area contributed by atoms with E-state index in [-0.39, 0.29) is 0 Å². The molecule has 0 saturated heterocycles. The Labute approximate surface area is 89.1 Å². The van der Waals surface area contributed by atoms with Crippen molar-refractivity contribution in [1.82, 2.24) is 14.8 Å². The molecule has 0 atom stereocenters. The average Bonchev–Trinajstić information content (AvgIpc) is 3.00. The summed E-state index contributed by atoms with van der Waals surface area (Å²) in [6, 6.07) is 2.07. The van der Waals surface area contributed by atoms with Crippen molar-refractivity contribution in [2.45, 2.75) is 38.6 Å². The van der Waals surface area contributed by atoms with E-state index in [1.54, 1.807) is 6.20 Å². The largest absolute Gasteiger partial charge is 0.340 e. The molecule has 78 valence electrons. The van der Waals surface area contributed by atoms with E-state index in [1.165, 1.54) is 30.3 Å². The third-order valence-corrected chi connectivity index (χ3v) is 3.65. The SMILES string of the molecule is CCC1(n2cc(C)c3nnccc32)CC1. The lowest BCUT2D eigenvalue weighted by Crippen LogP contribution is -2.14. The molecule has 0 spiro atoms. The highest BCUT2D eigenvalue weighted by Gasteiger charge is 2.43. The molecule has 3 heteroatoms. The second kappa shape index (κ2) is 2.81. The fourth-order valence-electron chi connectivity index (χ4n) is 2.43. The van der Waals surface area contributed by atoms with Gasteiger partial charge >= 0.3 is 0 Å². The van der Waals surface area contributed by atoms with Gasteiger partial charge in [0.15, 0.2) is 0 Å². The van der Waals surface area contributed by atoms with Gasteiger partial charge in [0.1, 0.15) is 5.52 Å². The molecule has 1 fully saturated rings. The van der Waals surface area contributed by atoms with E-state index in [2.05, 4.69) is 40.9 Å². The molecule has 1 aliphatic carbocycles. The Morgan fingerprint density at radius 2 is 2.27 bits per heavy atom. The van der Waals surface area contributed by atoms with Gasteiger partial charge in [0.25, 0.3) is 0 Å². The molecule has 3 nitrogen and oxygen atoms in total. The molecule has 0 unspecified atom stereocenters. The predicted octanol–water partition coefficient (Wildman–Crippen LogP) is 2.64. The van der Waals surface area contributed by atoms with Crippen molar-refractivity contribution in [2.24, 2.45) is 0 Å². The molecular formula is C12H15N3. The van der Waals surface area contributed by atoms with E-state index in [4.69, 9.17) is 0 Å². The average molecular weight is 201 g/mol. The smallest absolute Gasteiger partial charge is 0.114 e. The first kappa shape index (κ1) is 8.89. The van der Waals surface area contributed by atoms with Gasteiger partial charge in [-0.1, -0.05) is 6.92 Å². The maximum atomic E-state index is 4.21. The van der Waals surface area contributed by atoms with Crippen molar-refractivity contribution in [2.75, 3.05) is 0 Å². The van der Waals surface area contributed by atoms with E-state index in [0.717, 1.165) is 5.52 Å². The highest BCUT2D eigenvalue weighted by Crippen LogP contribution is 2.48. The van der Waals surface area contributed by atoms with Gasteiger partial charge in [-0.15, -0.1) is 5.10 Å². The molecule has 2 aromatic rings. The Bertz CT molecular complexity index is 509. The molecule has 1 saturated carbocycles. The number of aryl methyl sites for hydroxylation is 1. The van der Waals surface area contributed by atoms with E-state index in [9.17, 15) is 0 Å². The van der Waals surface area contributed by atoms with Crippen LogP contribution >= 0.6 is 0 Å². The van der Waals surface area contributed by atoms with Crippen LogP contribution < -0.4 is 0 Å². The van der Waals surface area contributed by atoms with Crippen molar-refractivity contribution in [3.05, 3.63) is 24.0 Å². The highest BCUT2D eigenvalue weighted by atomic mass is 15.1. The molecule has 3 rings (SSSR count). The van der Waals surface area contributed by atoms with Crippen LogP contribution in [0.3, 0.4) is 0 Å². The van der Waals surface area contributed by atoms with Crippen LogP contribution in [0.15, 0.2) is 18.5 Å². The first-order valence-corrected chi connectivity index (χ1v) is 5.57. The van der Waals surface area contributed by atoms with Crippen LogP contribution in [0.1, 0.15) is 31.7 Å². The van der Waals surface area contributed by atoms with Gasteiger partial charge in [0.2, 0.25) is 0 Å². The minimum Gasteiger partial charge on any atom is -0.340 e. The zero-order valence-electron chi connectivity index (χ0n) is 9.20. The molecule has 0 radical (unpaired) electrons. The summed E-state index contributed by atoms with van der Waals surface area (Å²) in [6.45, 7) is 4.38. The minimum absolute atomic E-state index is 0.384. The summed E-state index contributed by atoms with van der Waals surface area (Å²) < 4.78 is 2.41. The summed E-state index contributed by atoms with van der Waals surface area (Å²) in [4.78, 5) is 0. The number of hydrogen-bond donors (Lipinski definition) is 0. The van der Waals surface area contributed by atoms with Crippen LogP contribution in [0.25, 0.3) is 11.0 Å². The van der Waals surface area contributed by atoms with Crippen LogP contribution in [-0.2, 0) is 5.54 Å². The third-order valence-electron chi connectivity index (χ3n) is 3.65.